The minimum absolute atomic E-state index is 0.0529. The van der Waals surface area contributed by atoms with E-state index >= 15 is 0 Å². The zero-order chi connectivity index (χ0) is 40.3. The summed E-state index contributed by atoms with van der Waals surface area (Å²) in [5.41, 5.74) is 3.51. The Morgan fingerprint density at radius 3 is 2.47 bits per heavy atom. The molecule has 2 aliphatic rings. The number of methoxy groups -OCH3 is 1. The Bertz CT molecular complexity index is 2100. The molecule has 3 aromatic carbocycles. The van der Waals surface area contributed by atoms with Gasteiger partial charge in [-0.05, 0) is 86.2 Å². The monoisotopic (exact) mass is 778 g/mol. The number of amides is 6. The molecule has 0 spiro atoms. The van der Waals surface area contributed by atoms with Crippen LogP contribution in [-0.4, -0.2) is 86.7 Å². The molecule has 57 heavy (non-hydrogen) atoms. The van der Waals surface area contributed by atoms with Crippen molar-refractivity contribution in [2.75, 3.05) is 30.9 Å². The predicted molar refractivity (Wildman–Crippen MR) is 208 cm³/mol. The molecule has 0 saturated carbocycles. The van der Waals surface area contributed by atoms with E-state index in [0.29, 0.717) is 54.6 Å². The van der Waals surface area contributed by atoms with Crippen molar-refractivity contribution in [1.29, 1.82) is 0 Å². The van der Waals surface area contributed by atoms with Crippen LogP contribution in [0.15, 0.2) is 72.9 Å². The summed E-state index contributed by atoms with van der Waals surface area (Å²) >= 11 is 0. The SMILES string of the molecule is CCCCN(Cc1ccc(C(=O)OC)cc1)C(=O)Nc1ccc(OCCCCCn2cc(CNc3cccc4c3C(=O)N(C3CCC(=O)NC3=O)C4=O)nn2)cc1. The number of unbranched alkanes of at least 4 members (excludes halogenated alkanes) is 3. The van der Waals surface area contributed by atoms with E-state index in [0.717, 1.165) is 42.6 Å². The number of carbonyl (C=O) groups is 6. The number of urea groups is 1. The summed E-state index contributed by atoms with van der Waals surface area (Å²) in [6.07, 6.45) is 6.35. The van der Waals surface area contributed by atoms with Crippen LogP contribution in [-0.2, 0) is 34.0 Å². The van der Waals surface area contributed by atoms with Crippen LogP contribution >= 0.6 is 0 Å². The van der Waals surface area contributed by atoms with Crippen molar-refractivity contribution >= 4 is 47.0 Å². The number of anilines is 2. The number of nitrogens with one attached hydrogen (secondary N) is 3. The van der Waals surface area contributed by atoms with Crippen molar-refractivity contribution in [1.82, 2.24) is 30.1 Å². The molecule has 2 aliphatic heterocycles. The fourth-order valence-electron chi connectivity index (χ4n) is 6.64. The number of rotatable bonds is 18. The van der Waals surface area contributed by atoms with Gasteiger partial charge in [-0.2, -0.15) is 0 Å². The fraction of sp³-hybridized carbons (Fsp3) is 0.366. The van der Waals surface area contributed by atoms with Gasteiger partial charge in [0.2, 0.25) is 11.8 Å². The first-order chi connectivity index (χ1) is 27.6. The lowest BCUT2D eigenvalue weighted by atomic mass is 10.0. The lowest BCUT2D eigenvalue weighted by Crippen LogP contribution is -2.54. The molecule has 1 unspecified atom stereocenters. The van der Waals surface area contributed by atoms with Crippen molar-refractivity contribution in [3.63, 3.8) is 0 Å². The van der Waals surface area contributed by atoms with E-state index in [9.17, 15) is 28.8 Å². The molecule has 0 radical (unpaired) electrons. The second-order valence-corrected chi connectivity index (χ2v) is 13.8. The Balaban J connectivity index is 0.902. The van der Waals surface area contributed by atoms with Gasteiger partial charge in [0.25, 0.3) is 11.8 Å². The molecule has 0 aliphatic carbocycles. The Hall–Kier alpha value is -6.58. The van der Waals surface area contributed by atoms with Gasteiger partial charge < -0.3 is 25.0 Å². The van der Waals surface area contributed by atoms with Gasteiger partial charge in [0.05, 0.1) is 43.1 Å². The van der Waals surface area contributed by atoms with Gasteiger partial charge in [-0.1, -0.05) is 36.8 Å². The number of aryl methyl sites for hydroxylation is 1. The minimum Gasteiger partial charge on any atom is -0.494 e. The molecule has 6 amide bonds. The first-order valence-corrected chi connectivity index (χ1v) is 19.1. The molecular weight excluding hydrogens is 732 g/mol. The largest absolute Gasteiger partial charge is 0.494 e. The average molecular weight is 779 g/mol. The number of hydrogen-bond acceptors (Lipinski definition) is 11. The number of piperidine rings is 1. The van der Waals surface area contributed by atoms with Crippen molar-refractivity contribution in [2.24, 2.45) is 0 Å². The van der Waals surface area contributed by atoms with Gasteiger partial charge in [0.1, 0.15) is 17.5 Å². The topological polar surface area (TPSA) is 194 Å². The number of esters is 1. The smallest absolute Gasteiger partial charge is 0.337 e. The standard InChI is InChI=1S/C41H46N8O8/c1-3-4-21-47(25-27-11-13-28(14-12-27)40(54)56-2)41(55)43-29-15-17-31(18-16-29)57-23-7-5-6-22-48-26-30(45-46-48)24-42-33-10-8-9-32-36(33)39(53)49(38(32)52)34-19-20-35(50)44-37(34)51/h8-18,26,34,42H,3-7,19-25H2,1-2H3,(H,43,55)(H,44,50,51). The molecule has 1 fully saturated rings. The number of ether oxygens (including phenoxy) is 2. The van der Waals surface area contributed by atoms with Crippen molar-refractivity contribution < 1.29 is 38.2 Å². The molecule has 1 aromatic heterocycles. The van der Waals surface area contributed by atoms with Crippen molar-refractivity contribution in [2.45, 2.75) is 77.5 Å². The summed E-state index contributed by atoms with van der Waals surface area (Å²) in [5, 5.41) is 16.8. The van der Waals surface area contributed by atoms with E-state index in [2.05, 4.69) is 33.2 Å². The Morgan fingerprint density at radius 2 is 1.74 bits per heavy atom. The molecule has 6 rings (SSSR count). The molecule has 1 atom stereocenters. The third kappa shape index (κ3) is 10.00. The van der Waals surface area contributed by atoms with Gasteiger partial charge >= 0.3 is 12.0 Å². The molecular formula is C41H46N8O8. The highest BCUT2D eigenvalue weighted by Crippen LogP contribution is 2.32. The lowest BCUT2D eigenvalue weighted by molar-refractivity contribution is -0.136. The number of aromatic nitrogens is 3. The van der Waals surface area contributed by atoms with E-state index in [-0.39, 0.29) is 36.5 Å². The highest BCUT2D eigenvalue weighted by atomic mass is 16.5. The van der Waals surface area contributed by atoms with E-state index in [4.69, 9.17) is 9.47 Å². The highest BCUT2D eigenvalue weighted by molar-refractivity contribution is 6.25. The molecule has 298 valence electrons. The van der Waals surface area contributed by atoms with Gasteiger partial charge in [-0.15, -0.1) is 5.10 Å². The van der Waals surface area contributed by atoms with Crippen LogP contribution in [0.25, 0.3) is 0 Å². The number of nitrogens with zero attached hydrogens (tertiary/aromatic N) is 5. The summed E-state index contributed by atoms with van der Waals surface area (Å²) < 4.78 is 12.4. The number of imide groups is 2. The van der Waals surface area contributed by atoms with Crippen LogP contribution in [0.3, 0.4) is 0 Å². The molecule has 16 nitrogen and oxygen atoms in total. The van der Waals surface area contributed by atoms with Crippen LogP contribution in [0.5, 0.6) is 5.75 Å². The average Bonchev–Trinajstić information content (AvgIpc) is 3.78. The lowest BCUT2D eigenvalue weighted by Gasteiger charge is -2.27. The summed E-state index contributed by atoms with van der Waals surface area (Å²) in [7, 11) is 1.34. The normalized spacial score (nSPS) is 14.9. The van der Waals surface area contributed by atoms with E-state index in [1.54, 1.807) is 39.9 Å². The number of benzene rings is 3. The first kappa shape index (κ1) is 40.1. The van der Waals surface area contributed by atoms with Crippen LogP contribution in [0.4, 0.5) is 16.2 Å². The Kier molecular flexibility index (Phi) is 13.3. The quantitative estimate of drug-likeness (QED) is 0.0686. The Morgan fingerprint density at radius 1 is 0.947 bits per heavy atom. The molecule has 16 heteroatoms. The minimum atomic E-state index is -1.03. The maximum Gasteiger partial charge on any atom is 0.337 e. The summed E-state index contributed by atoms with van der Waals surface area (Å²) in [4.78, 5) is 78.1. The third-order valence-electron chi connectivity index (χ3n) is 9.74. The van der Waals surface area contributed by atoms with E-state index in [1.165, 1.54) is 7.11 Å². The molecule has 1 saturated heterocycles. The second kappa shape index (κ2) is 18.8. The van der Waals surface area contributed by atoms with E-state index in [1.807, 2.05) is 42.6 Å². The molecule has 3 heterocycles. The van der Waals surface area contributed by atoms with Crippen LogP contribution < -0.4 is 20.7 Å². The van der Waals surface area contributed by atoms with Gasteiger partial charge in [-0.3, -0.25) is 34.1 Å². The number of carbonyl (C=O) groups excluding carboxylic acids is 6. The summed E-state index contributed by atoms with van der Waals surface area (Å²) in [5.74, 6) is -1.92. The maximum atomic E-state index is 13.3. The Labute approximate surface area is 329 Å². The molecule has 0 bridgehead atoms. The number of hydrogen-bond donors (Lipinski definition) is 3. The maximum absolute atomic E-state index is 13.3. The van der Waals surface area contributed by atoms with Crippen LogP contribution in [0.1, 0.15) is 94.2 Å². The van der Waals surface area contributed by atoms with Gasteiger partial charge in [-0.25, -0.2) is 9.59 Å². The highest BCUT2D eigenvalue weighted by Gasteiger charge is 2.45. The summed E-state index contributed by atoms with van der Waals surface area (Å²) in [6, 6.07) is 18.0. The fourth-order valence-corrected chi connectivity index (χ4v) is 6.64. The number of fused-ring (bicyclic) bond motifs is 1. The van der Waals surface area contributed by atoms with Crippen LogP contribution in [0, 0.1) is 0 Å². The van der Waals surface area contributed by atoms with Crippen LogP contribution in [0.2, 0.25) is 0 Å². The van der Waals surface area contributed by atoms with Gasteiger partial charge in [0.15, 0.2) is 0 Å². The zero-order valence-corrected chi connectivity index (χ0v) is 32.0. The first-order valence-electron chi connectivity index (χ1n) is 19.1. The third-order valence-corrected chi connectivity index (χ3v) is 9.74. The molecule has 3 N–H and O–H groups in total. The van der Waals surface area contributed by atoms with E-state index < -0.39 is 35.6 Å². The second-order valence-electron chi connectivity index (χ2n) is 13.8. The zero-order valence-electron chi connectivity index (χ0n) is 32.0. The van der Waals surface area contributed by atoms with Gasteiger partial charge in [0, 0.05) is 37.4 Å². The van der Waals surface area contributed by atoms with Crippen molar-refractivity contribution in [3.05, 3.63) is 101 Å². The van der Waals surface area contributed by atoms with Crippen molar-refractivity contribution in [3.8, 4) is 5.75 Å². The summed E-state index contributed by atoms with van der Waals surface area (Å²) in [6.45, 7) is 4.52. The molecule has 4 aromatic rings. The predicted octanol–water partition coefficient (Wildman–Crippen LogP) is 5.16.